The van der Waals surface area contributed by atoms with Gasteiger partial charge >= 0.3 is 0 Å². The molecule has 0 aliphatic carbocycles. The maximum Gasteiger partial charge on any atom is 0.281 e. The summed E-state index contributed by atoms with van der Waals surface area (Å²) in [5.74, 6) is 1.25. The summed E-state index contributed by atoms with van der Waals surface area (Å²) in [6.07, 6.45) is 6.27. The third kappa shape index (κ3) is 5.91. The Morgan fingerprint density at radius 3 is 1.49 bits per heavy atom. The minimum atomic E-state index is -0.336. The van der Waals surface area contributed by atoms with Gasteiger partial charge in [-0.3, -0.25) is 28.7 Å². The van der Waals surface area contributed by atoms with E-state index in [9.17, 15) is 9.59 Å². The van der Waals surface area contributed by atoms with E-state index in [4.69, 9.17) is 0 Å². The highest BCUT2D eigenvalue weighted by Gasteiger charge is 2.17. The van der Waals surface area contributed by atoms with Crippen LogP contribution in [-0.4, -0.2) is 54.0 Å². The van der Waals surface area contributed by atoms with Crippen LogP contribution in [0.25, 0.3) is 21.8 Å². The summed E-state index contributed by atoms with van der Waals surface area (Å²) < 4.78 is 3.88. The first kappa shape index (κ1) is 29.3. The summed E-state index contributed by atoms with van der Waals surface area (Å²) in [5, 5.41) is 8.74. The highest BCUT2D eigenvalue weighted by atomic mass is 35.5. The number of nitrogens with zero attached hydrogens (tertiary/aromatic N) is 8. The second kappa shape index (κ2) is 12.9. The van der Waals surface area contributed by atoms with Gasteiger partial charge in [0.25, 0.3) is 11.8 Å². The molecule has 0 unspecified atom stereocenters. The lowest BCUT2D eigenvalue weighted by Crippen LogP contribution is -2.24. The van der Waals surface area contributed by atoms with Crippen molar-refractivity contribution in [3.8, 4) is 0 Å². The standard InChI is InChI=1S/2C16H13N5O.ClH/c2*22-15(11-4-3-7-17-10-11)20-16-19-13-6-2-1-5-12(13)14-18-8-9-21(14)16;/h2*1-7,10,18H,8-9H2;1H. The monoisotopic (exact) mass is 618 g/mol. The molecule has 0 bridgehead atoms. The Balaban J connectivity index is 0.000000155. The van der Waals surface area contributed by atoms with Gasteiger partial charge in [0, 0.05) is 61.7 Å². The zero-order valence-corrected chi connectivity index (χ0v) is 24.7. The van der Waals surface area contributed by atoms with Crippen molar-refractivity contribution < 1.29 is 9.59 Å². The average Bonchev–Trinajstić information content (AvgIpc) is 3.78. The maximum absolute atomic E-state index is 12.3. The quantitative estimate of drug-likeness (QED) is 0.299. The fourth-order valence-corrected chi connectivity index (χ4v) is 5.21. The summed E-state index contributed by atoms with van der Waals surface area (Å²) in [6.45, 7) is 3.09. The normalized spacial score (nSPS) is 13.6. The van der Waals surface area contributed by atoms with E-state index >= 15 is 0 Å². The highest BCUT2D eigenvalue weighted by molar-refractivity contribution is 5.95. The summed E-state index contributed by atoms with van der Waals surface area (Å²) in [4.78, 5) is 49.9. The van der Waals surface area contributed by atoms with Gasteiger partial charge in [0.2, 0.25) is 11.2 Å². The van der Waals surface area contributed by atoms with Gasteiger partial charge in [-0.15, -0.1) is 12.4 Å². The van der Waals surface area contributed by atoms with Crippen LogP contribution >= 0.6 is 12.4 Å². The molecule has 0 saturated heterocycles. The molecule has 8 rings (SSSR count). The van der Waals surface area contributed by atoms with E-state index in [1.807, 2.05) is 57.7 Å². The first-order valence-corrected chi connectivity index (χ1v) is 14.1. The van der Waals surface area contributed by atoms with Crippen molar-refractivity contribution in [1.82, 2.24) is 29.1 Å². The highest BCUT2D eigenvalue weighted by Crippen LogP contribution is 2.23. The summed E-state index contributed by atoms with van der Waals surface area (Å²) in [7, 11) is 0. The number of hydrogen-bond donors (Lipinski definition) is 2. The number of carbonyl (C=O) groups is 2. The number of hydrogen-bond acceptors (Lipinski definition) is 8. The van der Waals surface area contributed by atoms with Gasteiger partial charge < -0.3 is 10.6 Å². The van der Waals surface area contributed by atoms with Gasteiger partial charge in [-0.05, 0) is 48.5 Å². The Kier molecular flexibility index (Phi) is 8.38. The number of pyridine rings is 2. The predicted octanol–water partition coefficient (Wildman–Crippen LogP) is 3.62. The van der Waals surface area contributed by atoms with Crippen molar-refractivity contribution in [2.24, 2.45) is 9.98 Å². The number of nitrogens with one attached hydrogen (secondary N) is 2. The molecule has 2 amide bonds. The van der Waals surface area contributed by atoms with E-state index in [0.29, 0.717) is 22.4 Å². The predicted molar refractivity (Wildman–Crippen MR) is 172 cm³/mol. The minimum absolute atomic E-state index is 0. The second-order valence-corrected chi connectivity index (χ2v) is 10.0. The lowest BCUT2D eigenvalue weighted by Gasteiger charge is -2.07. The number of benzene rings is 2. The van der Waals surface area contributed by atoms with Gasteiger partial charge in [-0.2, -0.15) is 9.98 Å². The lowest BCUT2D eigenvalue weighted by atomic mass is 10.2. The van der Waals surface area contributed by atoms with Gasteiger partial charge in [-0.1, -0.05) is 24.3 Å². The van der Waals surface area contributed by atoms with Crippen LogP contribution in [0.5, 0.6) is 0 Å². The molecule has 4 aromatic heterocycles. The van der Waals surface area contributed by atoms with Crippen molar-refractivity contribution in [1.29, 1.82) is 0 Å². The SMILES string of the molecule is Cl.O=C(N=c1nc2ccccc2c2n1CCN2)c1cccnc1.O=C(N=c1nc2ccccc2c2n1CCN2)c1cccnc1. The molecule has 2 aliphatic rings. The van der Waals surface area contributed by atoms with E-state index in [1.165, 1.54) is 12.4 Å². The van der Waals surface area contributed by atoms with Crippen molar-refractivity contribution in [3.63, 3.8) is 0 Å². The second-order valence-electron chi connectivity index (χ2n) is 10.0. The molecule has 6 heterocycles. The largest absolute Gasteiger partial charge is 0.369 e. The number of rotatable bonds is 2. The number of anilines is 2. The van der Waals surface area contributed by atoms with E-state index in [2.05, 4.69) is 40.6 Å². The Hall–Kier alpha value is -5.75. The summed E-state index contributed by atoms with van der Waals surface area (Å²) in [5.41, 5.74) is 3.40. The van der Waals surface area contributed by atoms with Gasteiger partial charge in [0.1, 0.15) is 11.6 Å². The van der Waals surface area contributed by atoms with Gasteiger partial charge in [0.15, 0.2) is 0 Å². The van der Waals surface area contributed by atoms with Gasteiger partial charge in [-0.25, -0.2) is 9.97 Å². The molecular formula is C32H27ClN10O2. The summed E-state index contributed by atoms with van der Waals surface area (Å²) >= 11 is 0. The topological polar surface area (TPSA) is 144 Å². The average molecular weight is 619 g/mol. The van der Waals surface area contributed by atoms with E-state index in [-0.39, 0.29) is 24.2 Å². The molecule has 45 heavy (non-hydrogen) atoms. The lowest BCUT2D eigenvalue weighted by molar-refractivity contribution is 0.0988. The number of fused-ring (bicyclic) bond motifs is 6. The molecule has 13 heteroatoms. The van der Waals surface area contributed by atoms with E-state index < -0.39 is 0 Å². The Morgan fingerprint density at radius 2 is 1.07 bits per heavy atom. The fraction of sp³-hybridized carbons (Fsp3) is 0.125. The van der Waals surface area contributed by atoms with Crippen LogP contribution in [-0.2, 0) is 13.1 Å². The molecule has 224 valence electrons. The molecule has 0 atom stereocenters. The third-order valence-corrected chi connectivity index (χ3v) is 7.26. The van der Waals surface area contributed by atoms with Crippen LogP contribution in [0.2, 0.25) is 0 Å². The molecule has 6 aromatic rings. The number of aromatic nitrogens is 6. The van der Waals surface area contributed by atoms with Crippen molar-refractivity contribution in [3.05, 3.63) is 120 Å². The van der Waals surface area contributed by atoms with Crippen LogP contribution in [0.3, 0.4) is 0 Å². The van der Waals surface area contributed by atoms with Crippen LogP contribution in [0, 0.1) is 0 Å². The van der Waals surface area contributed by atoms with Gasteiger partial charge in [0.05, 0.1) is 22.2 Å². The number of halogens is 1. The Bertz CT molecular complexity index is 2020. The van der Waals surface area contributed by atoms with E-state index in [0.717, 1.165) is 59.6 Å². The first-order valence-electron chi connectivity index (χ1n) is 14.1. The molecule has 0 fully saturated rings. The van der Waals surface area contributed by atoms with Crippen LogP contribution < -0.4 is 21.9 Å². The van der Waals surface area contributed by atoms with Crippen molar-refractivity contribution >= 4 is 57.7 Å². The Labute approximate surface area is 262 Å². The third-order valence-electron chi connectivity index (χ3n) is 7.26. The van der Waals surface area contributed by atoms with Crippen LogP contribution in [0.4, 0.5) is 11.6 Å². The molecule has 2 aliphatic heterocycles. The minimum Gasteiger partial charge on any atom is -0.369 e. The molecule has 2 aromatic carbocycles. The zero-order chi connectivity index (χ0) is 29.9. The molecule has 2 N–H and O–H groups in total. The summed E-state index contributed by atoms with van der Waals surface area (Å²) in [6, 6.07) is 22.5. The number of amides is 2. The maximum atomic E-state index is 12.3. The van der Waals surface area contributed by atoms with Crippen LogP contribution in [0.1, 0.15) is 20.7 Å². The molecule has 0 spiro atoms. The first-order chi connectivity index (χ1) is 21.7. The smallest absolute Gasteiger partial charge is 0.281 e. The number of carbonyl (C=O) groups excluding carboxylic acids is 2. The zero-order valence-electron chi connectivity index (χ0n) is 23.9. The fourth-order valence-electron chi connectivity index (χ4n) is 5.21. The van der Waals surface area contributed by atoms with E-state index in [1.54, 1.807) is 36.7 Å². The number of para-hydroxylation sites is 2. The Morgan fingerprint density at radius 1 is 0.622 bits per heavy atom. The van der Waals surface area contributed by atoms with Crippen molar-refractivity contribution in [2.45, 2.75) is 13.1 Å². The molecule has 0 saturated carbocycles. The van der Waals surface area contributed by atoms with Crippen molar-refractivity contribution in [2.75, 3.05) is 23.7 Å². The van der Waals surface area contributed by atoms with Crippen LogP contribution in [0.15, 0.2) is 108 Å². The molecular weight excluding hydrogens is 592 g/mol. The molecule has 12 nitrogen and oxygen atoms in total. The molecule has 0 radical (unpaired) electrons.